The van der Waals surface area contributed by atoms with Gasteiger partial charge < -0.3 is 4.98 Å². The molecule has 0 saturated heterocycles. The predicted molar refractivity (Wildman–Crippen MR) is 87.3 cm³/mol. The Morgan fingerprint density at radius 1 is 1.05 bits per heavy atom. The molecule has 0 fully saturated rings. The van der Waals surface area contributed by atoms with Crippen molar-refractivity contribution in [3.05, 3.63) is 76.8 Å². The van der Waals surface area contributed by atoms with E-state index in [1.807, 2.05) is 54.6 Å². The van der Waals surface area contributed by atoms with Gasteiger partial charge in [0, 0.05) is 10.9 Å². The molecule has 2 heterocycles. The largest absolute Gasteiger partial charge is 0.349 e. The molecule has 5 nitrogen and oxygen atoms in total. The lowest BCUT2D eigenvalue weighted by Gasteiger charge is -1.97. The Labute approximate surface area is 125 Å². The lowest BCUT2D eigenvalue weighted by molar-refractivity contribution is 0.815. The summed E-state index contributed by atoms with van der Waals surface area (Å²) in [6, 6.07) is 17.3. The summed E-state index contributed by atoms with van der Waals surface area (Å²) in [5, 5.41) is 5.13. The van der Waals surface area contributed by atoms with E-state index < -0.39 is 0 Å². The quantitative estimate of drug-likeness (QED) is 0.576. The SMILES string of the molecule is O=c1c2[nH]c3ccccc3c2ncn1/N=C/c1ccccc1. The monoisotopic (exact) mass is 288 g/mol. The Bertz CT molecular complexity index is 1040. The summed E-state index contributed by atoms with van der Waals surface area (Å²) >= 11 is 0. The molecule has 0 spiro atoms. The molecule has 0 radical (unpaired) electrons. The molecule has 0 aliphatic rings. The van der Waals surface area contributed by atoms with E-state index in [9.17, 15) is 4.79 Å². The summed E-state index contributed by atoms with van der Waals surface area (Å²) in [6.45, 7) is 0. The van der Waals surface area contributed by atoms with Gasteiger partial charge in [-0.3, -0.25) is 4.79 Å². The number of aromatic nitrogens is 3. The van der Waals surface area contributed by atoms with Gasteiger partial charge in [-0.2, -0.15) is 9.78 Å². The maximum Gasteiger partial charge on any atom is 0.298 e. The second-order valence-electron chi connectivity index (χ2n) is 4.94. The normalized spacial score (nSPS) is 11.6. The van der Waals surface area contributed by atoms with Gasteiger partial charge in [-0.25, -0.2) is 4.98 Å². The topological polar surface area (TPSA) is 63.0 Å². The van der Waals surface area contributed by atoms with E-state index in [2.05, 4.69) is 15.1 Å². The summed E-state index contributed by atoms with van der Waals surface area (Å²) in [4.78, 5) is 20.0. The Balaban J connectivity index is 1.86. The van der Waals surface area contributed by atoms with E-state index in [1.165, 1.54) is 11.0 Å². The van der Waals surface area contributed by atoms with Crippen molar-refractivity contribution >= 4 is 28.2 Å². The van der Waals surface area contributed by atoms with Crippen molar-refractivity contribution in [3.63, 3.8) is 0 Å². The Kier molecular flexibility index (Phi) is 2.83. The summed E-state index contributed by atoms with van der Waals surface area (Å²) in [6.07, 6.45) is 3.09. The fraction of sp³-hybridized carbons (Fsp3) is 0. The fourth-order valence-electron chi connectivity index (χ4n) is 2.45. The van der Waals surface area contributed by atoms with E-state index in [0.717, 1.165) is 16.5 Å². The smallest absolute Gasteiger partial charge is 0.298 e. The molecule has 2 aromatic heterocycles. The molecule has 0 atom stereocenters. The molecule has 0 saturated carbocycles. The van der Waals surface area contributed by atoms with Crippen molar-refractivity contribution in [2.24, 2.45) is 5.10 Å². The molecule has 22 heavy (non-hydrogen) atoms. The molecular weight excluding hydrogens is 276 g/mol. The number of nitrogens with zero attached hydrogens (tertiary/aromatic N) is 3. The van der Waals surface area contributed by atoms with Crippen LogP contribution >= 0.6 is 0 Å². The number of fused-ring (bicyclic) bond motifs is 3. The number of benzene rings is 2. The standard InChI is InChI=1S/C17H12N4O/c22-17-16-15(13-8-4-5-9-14(13)20-16)18-11-21(17)19-10-12-6-2-1-3-7-12/h1-11,20H/b19-10+. The summed E-state index contributed by atoms with van der Waals surface area (Å²) in [5.74, 6) is 0. The lowest BCUT2D eigenvalue weighted by atomic mass is 10.2. The third kappa shape index (κ3) is 2.00. The molecule has 0 aliphatic heterocycles. The van der Waals surface area contributed by atoms with Crippen molar-refractivity contribution in [3.8, 4) is 0 Å². The van der Waals surface area contributed by atoms with E-state index >= 15 is 0 Å². The molecular formula is C17H12N4O. The second-order valence-corrected chi connectivity index (χ2v) is 4.94. The van der Waals surface area contributed by atoms with Crippen molar-refractivity contribution in [1.29, 1.82) is 0 Å². The van der Waals surface area contributed by atoms with E-state index in [1.54, 1.807) is 6.21 Å². The molecule has 0 amide bonds. The molecule has 4 rings (SSSR count). The minimum atomic E-state index is -0.214. The van der Waals surface area contributed by atoms with Gasteiger partial charge in [0.25, 0.3) is 5.56 Å². The number of H-pyrrole nitrogens is 1. The van der Waals surface area contributed by atoms with Crippen molar-refractivity contribution in [2.75, 3.05) is 0 Å². The highest BCUT2D eigenvalue weighted by Crippen LogP contribution is 2.20. The van der Waals surface area contributed by atoms with Crippen LogP contribution in [0.1, 0.15) is 5.56 Å². The molecule has 0 unspecified atom stereocenters. The number of hydrogen-bond acceptors (Lipinski definition) is 3. The fourth-order valence-corrected chi connectivity index (χ4v) is 2.45. The highest BCUT2D eigenvalue weighted by molar-refractivity contribution is 6.04. The average molecular weight is 288 g/mol. The zero-order valence-corrected chi connectivity index (χ0v) is 11.6. The van der Waals surface area contributed by atoms with Crippen LogP contribution in [-0.2, 0) is 0 Å². The van der Waals surface area contributed by atoms with Gasteiger partial charge in [0.15, 0.2) is 0 Å². The first kappa shape index (κ1) is 12.5. The number of aromatic amines is 1. The summed E-state index contributed by atoms with van der Waals surface area (Å²) in [7, 11) is 0. The number of nitrogens with one attached hydrogen (secondary N) is 1. The Morgan fingerprint density at radius 3 is 2.68 bits per heavy atom. The van der Waals surface area contributed by atoms with Gasteiger partial charge in [0.1, 0.15) is 17.4 Å². The average Bonchev–Trinajstić information content (AvgIpc) is 2.95. The van der Waals surface area contributed by atoms with Gasteiger partial charge in [0.2, 0.25) is 0 Å². The third-order valence-electron chi connectivity index (χ3n) is 3.53. The summed E-state index contributed by atoms with van der Waals surface area (Å²) < 4.78 is 1.24. The Hall–Kier alpha value is -3.21. The minimum Gasteiger partial charge on any atom is -0.349 e. The maximum atomic E-state index is 12.5. The van der Waals surface area contributed by atoms with Gasteiger partial charge in [0.05, 0.1) is 6.21 Å². The van der Waals surface area contributed by atoms with Crippen LogP contribution in [0.4, 0.5) is 0 Å². The number of rotatable bonds is 2. The van der Waals surface area contributed by atoms with Crippen LogP contribution in [0.25, 0.3) is 21.9 Å². The van der Waals surface area contributed by atoms with Gasteiger partial charge >= 0.3 is 0 Å². The van der Waals surface area contributed by atoms with Crippen molar-refractivity contribution in [1.82, 2.24) is 14.6 Å². The van der Waals surface area contributed by atoms with Crippen LogP contribution in [0, 0.1) is 0 Å². The van der Waals surface area contributed by atoms with Gasteiger partial charge in [-0.15, -0.1) is 0 Å². The highest BCUT2D eigenvalue weighted by atomic mass is 16.1. The van der Waals surface area contributed by atoms with Gasteiger partial charge in [-0.05, 0) is 11.6 Å². The van der Waals surface area contributed by atoms with Gasteiger partial charge in [-0.1, -0.05) is 48.5 Å². The van der Waals surface area contributed by atoms with Crippen LogP contribution in [0.5, 0.6) is 0 Å². The van der Waals surface area contributed by atoms with Crippen molar-refractivity contribution < 1.29 is 0 Å². The van der Waals surface area contributed by atoms with Crippen LogP contribution in [-0.4, -0.2) is 20.9 Å². The molecule has 0 aliphatic carbocycles. The molecule has 1 N–H and O–H groups in total. The molecule has 0 bridgehead atoms. The lowest BCUT2D eigenvalue weighted by Crippen LogP contribution is -2.17. The molecule has 2 aromatic carbocycles. The first-order valence-corrected chi connectivity index (χ1v) is 6.90. The van der Waals surface area contributed by atoms with Crippen LogP contribution in [0.3, 0.4) is 0 Å². The third-order valence-corrected chi connectivity index (χ3v) is 3.53. The zero-order valence-electron chi connectivity index (χ0n) is 11.6. The van der Waals surface area contributed by atoms with Crippen LogP contribution < -0.4 is 5.56 Å². The summed E-state index contributed by atoms with van der Waals surface area (Å²) in [5.41, 5.74) is 2.74. The molecule has 5 heteroatoms. The molecule has 4 aromatic rings. The first-order chi connectivity index (χ1) is 10.8. The predicted octanol–water partition coefficient (Wildman–Crippen LogP) is 2.76. The van der Waals surface area contributed by atoms with E-state index in [0.29, 0.717) is 11.0 Å². The van der Waals surface area contributed by atoms with E-state index in [4.69, 9.17) is 0 Å². The highest BCUT2D eigenvalue weighted by Gasteiger charge is 2.09. The second kappa shape index (κ2) is 4.96. The van der Waals surface area contributed by atoms with Crippen molar-refractivity contribution in [2.45, 2.75) is 0 Å². The number of para-hydroxylation sites is 1. The molecule has 106 valence electrons. The van der Waals surface area contributed by atoms with Crippen LogP contribution in [0.15, 0.2) is 70.8 Å². The Morgan fingerprint density at radius 2 is 1.82 bits per heavy atom. The minimum absolute atomic E-state index is 0.214. The number of hydrogen-bond donors (Lipinski definition) is 1. The van der Waals surface area contributed by atoms with Crippen LogP contribution in [0.2, 0.25) is 0 Å². The first-order valence-electron chi connectivity index (χ1n) is 6.90. The zero-order chi connectivity index (χ0) is 14.9. The van der Waals surface area contributed by atoms with E-state index in [-0.39, 0.29) is 5.56 Å². The maximum absolute atomic E-state index is 12.5.